The second kappa shape index (κ2) is 4.86. The molecule has 19 heavy (non-hydrogen) atoms. The largest absolute Gasteiger partial charge is 0.347 e. The molecule has 2 heterocycles. The lowest BCUT2D eigenvalue weighted by Crippen LogP contribution is -2.26. The number of aldehydes is 1. The number of aromatic nitrogens is 1. The van der Waals surface area contributed by atoms with Gasteiger partial charge in [0, 0.05) is 19.0 Å². The Morgan fingerprint density at radius 3 is 2.74 bits per heavy atom. The van der Waals surface area contributed by atoms with Gasteiger partial charge >= 0.3 is 0 Å². The highest BCUT2D eigenvalue weighted by atomic mass is 32.2. The normalized spacial score (nSPS) is 23.1. The lowest BCUT2D eigenvalue weighted by Gasteiger charge is -2.17. The van der Waals surface area contributed by atoms with Gasteiger partial charge < -0.3 is 4.90 Å². The lowest BCUT2D eigenvalue weighted by atomic mass is 10.3. The number of nitrogens with zero attached hydrogens (tertiary/aromatic N) is 2. The third-order valence-electron chi connectivity index (χ3n) is 3.57. The van der Waals surface area contributed by atoms with Gasteiger partial charge in [0.15, 0.2) is 21.3 Å². The van der Waals surface area contributed by atoms with Gasteiger partial charge in [0.2, 0.25) is 0 Å². The molecule has 104 valence electrons. The summed E-state index contributed by atoms with van der Waals surface area (Å²) in [5, 5.41) is 0.807. The van der Waals surface area contributed by atoms with Gasteiger partial charge in [-0.15, -0.1) is 0 Å². The van der Waals surface area contributed by atoms with Gasteiger partial charge in [-0.05, 0) is 19.3 Å². The number of thiazole rings is 1. The molecule has 5 nitrogen and oxygen atoms in total. The van der Waals surface area contributed by atoms with E-state index < -0.39 is 9.84 Å². The van der Waals surface area contributed by atoms with Crippen LogP contribution < -0.4 is 4.90 Å². The predicted molar refractivity (Wildman–Crippen MR) is 75.0 cm³/mol. The zero-order valence-corrected chi connectivity index (χ0v) is 12.2. The predicted octanol–water partition coefficient (Wildman–Crippen LogP) is 1.46. The molecule has 1 saturated carbocycles. The van der Waals surface area contributed by atoms with Crippen LogP contribution >= 0.6 is 11.3 Å². The van der Waals surface area contributed by atoms with Crippen molar-refractivity contribution in [1.82, 2.24) is 4.98 Å². The first kappa shape index (κ1) is 13.1. The van der Waals surface area contributed by atoms with Crippen molar-refractivity contribution in [3.63, 3.8) is 0 Å². The molecule has 1 saturated heterocycles. The van der Waals surface area contributed by atoms with Gasteiger partial charge in [0.25, 0.3) is 0 Å². The quantitative estimate of drug-likeness (QED) is 0.791. The van der Waals surface area contributed by atoms with Gasteiger partial charge in [-0.25, -0.2) is 13.4 Å². The molecule has 1 aromatic heterocycles. The molecule has 7 heteroatoms. The smallest absolute Gasteiger partial charge is 0.186 e. The third kappa shape index (κ3) is 2.81. The molecule has 1 aliphatic heterocycles. The van der Waals surface area contributed by atoms with Crippen LogP contribution in [0.2, 0.25) is 0 Å². The molecule has 0 amide bonds. The van der Waals surface area contributed by atoms with Crippen LogP contribution in [0.3, 0.4) is 0 Å². The summed E-state index contributed by atoms with van der Waals surface area (Å²) in [7, 11) is -2.91. The second-order valence-electron chi connectivity index (χ2n) is 5.13. The average molecular weight is 300 g/mol. The van der Waals surface area contributed by atoms with Crippen molar-refractivity contribution in [3.05, 3.63) is 10.6 Å². The van der Waals surface area contributed by atoms with Crippen LogP contribution in [0.25, 0.3) is 0 Å². The van der Waals surface area contributed by atoms with Crippen molar-refractivity contribution in [3.8, 4) is 0 Å². The third-order valence-corrected chi connectivity index (χ3v) is 6.34. The first-order valence-electron chi connectivity index (χ1n) is 6.50. The molecule has 0 bridgehead atoms. The Morgan fingerprint density at radius 2 is 2.05 bits per heavy atom. The highest BCUT2D eigenvalue weighted by Crippen LogP contribution is 2.43. The van der Waals surface area contributed by atoms with E-state index in [0.29, 0.717) is 30.3 Å². The number of sulfone groups is 1. The van der Waals surface area contributed by atoms with Crippen LogP contribution in [0.1, 0.15) is 40.5 Å². The van der Waals surface area contributed by atoms with E-state index in [4.69, 9.17) is 0 Å². The summed E-state index contributed by atoms with van der Waals surface area (Å²) >= 11 is 1.40. The Kier molecular flexibility index (Phi) is 3.34. The number of rotatable bonds is 3. The minimum Gasteiger partial charge on any atom is -0.347 e. The van der Waals surface area contributed by atoms with E-state index >= 15 is 0 Å². The summed E-state index contributed by atoms with van der Waals surface area (Å²) in [5.74, 6) is 0.882. The van der Waals surface area contributed by atoms with Crippen LogP contribution in [0, 0.1) is 0 Å². The lowest BCUT2D eigenvalue weighted by molar-refractivity contribution is 0.112. The molecule has 1 aliphatic carbocycles. The van der Waals surface area contributed by atoms with E-state index in [0.717, 1.165) is 30.0 Å². The van der Waals surface area contributed by atoms with Crippen LogP contribution in [0.15, 0.2) is 0 Å². The van der Waals surface area contributed by atoms with Crippen LogP contribution in [0.4, 0.5) is 5.13 Å². The summed E-state index contributed by atoms with van der Waals surface area (Å²) in [5.41, 5.74) is 0.919. The van der Waals surface area contributed by atoms with Gasteiger partial charge in [0.05, 0.1) is 22.1 Å². The summed E-state index contributed by atoms with van der Waals surface area (Å²) < 4.78 is 23.2. The molecule has 2 fully saturated rings. The van der Waals surface area contributed by atoms with E-state index in [9.17, 15) is 13.2 Å². The minimum absolute atomic E-state index is 0.182. The summed E-state index contributed by atoms with van der Waals surface area (Å²) in [6.07, 6.45) is 3.73. The van der Waals surface area contributed by atoms with E-state index in [1.54, 1.807) is 0 Å². The van der Waals surface area contributed by atoms with Crippen molar-refractivity contribution in [2.75, 3.05) is 29.5 Å². The number of carbonyl (C=O) groups is 1. The van der Waals surface area contributed by atoms with E-state index in [2.05, 4.69) is 4.98 Å². The number of carbonyl (C=O) groups excluding carboxylic acids is 1. The van der Waals surface area contributed by atoms with Crippen LogP contribution in [-0.4, -0.2) is 44.3 Å². The molecule has 0 aromatic carbocycles. The molecule has 0 atom stereocenters. The van der Waals surface area contributed by atoms with Crippen LogP contribution in [0.5, 0.6) is 0 Å². The maximum Gasteiger partial charge on any atom is 0.186 e. The first-order chi connectivity index (χ1) is 9.09. The molecule has 3 rings (SSSR count). The Morgan fingerprint density at radius 1 is 1.26 bits per heavy atom. The van der Waals surface area contributed by atoms with Crippen molar-refractivity contribution < 1.29 is 13.2 Å². The molecular formula is C12H16N2O3S2. The molecule has 1 aromatic rings. The van der Waals surface area contributed by atoms with Gasteiger partial charge in [-0.3, -0.25) is 4.79 Å². The molecular weight excluding hydrogens is 284 g/mol. The Balaban J connectivity index is 1.83. The van der Waals surface area contributed by atoms with E-state index in [1.807, 2.05) is 4.90 Å². The summed E-state index contributed by atoms with van der Waals surface area (Å²) in [4.78, 5) is 18.4. The first-order valence-corrected chi connectivity index (χ1v) is 9.14. The molecule has 0 radical (unpaired) electrons. The summed E-state index contributed by atoms with van der Waals surface area (Å²) in [6.45, 7) is 1.19. The summed E-state index contributed by atoms with van der Waals surface area (Å²) in [6, 6.07) is 0. The average Bonchev–Trinajstić information content (AvgIpc) is 3.15. The number of hydrogen-bond donors (Lipinski definition) is 0. The second-order valence-corrected chi connectivity index (χ2v) is 8.44. The highest BCUT2D eigenvalue weighted by Gasteiger charge is 2.31. The van der Waals surface area contributed by atoms with Crippen LogP contribution in [-0.2, 0) is 9.84 Å². The van der Waals surface area contributed by atoms with Crippen molar-refractivity contribution >= 4 is 32.6 Å². The van der Waals surface area contributed by atoms with Crippen molar-refractivity contribution in [2.45, 2.75) is 25.2 Å². The van der Waals surface area contributed by atoms with Crippen molar-refractivity contribution in [2.24, 2.45) is 0 Å². The molecule has 2 aliphatic rings. The number of anilines is 1. The molecule has 0 unspecified atom stereocenters. The highest BCUT2D eigenvalue weighted by molar-refractivity contribution is 7.91. The fraction of sp³-hybridized carbons (Fsp3) is 0.667. The Bertz CT molecular complexity index is 590. The maximum atomic E-state index is 11.6. The molecule has 0 spiro atoms. The number of hydrogen-bond acceptors (Lipinski definition) is 6. The topological polar surface area (TPSA) is 67.3 Å². The SMILES string of the molecule is O=Cc1sc(N2CCCS(=O)(=O)CC2)nc1C1CC1. The maximum absolute atomic E-state index is 11.6. The fourth-order valence-electron chi connectivity index (χ4n) is 2.33. The standard InChI is InChI=1S/C12H16N2O3S2/c15-8-10-11(9-2-3-9)13-12(18-10)14-4-1-6-19(16,17)7-5-14/h8-9H,1-7H2. The fourth-order valence-corrected chi connectivity index (χ4v) is 4.62. The van der Waals surface area contributed by atoms with Gasteiger partial charge in [0.1, 0.15) is 0 Å². The zero-order chi connectivity index (χ0) is 13.5. The zero-order valence-electron chi connectivity index (χ0n) is 10.5. The van der Waals surface area contributed by atoms with E-state index in [1.165, 1.54) is 11.3 Å². The minimum atomic E-state index is -2.91. The van der Waals surface area contributed by atoms with Gasteiger partial charge in [-0.1, -0.05) is 11.3 Å². The Labute approximate surface area is 116 Å². The monoisotopic (exact) mass is 300 g/mol. The van der Waals surface area contributed by atoms with Gasteiger partial charge in [-0.2, -0.15) is 0 Å². The molecule has 0 N–H and O–H groups in total. The van der Waals surface area contributed by atoms with Crippen molar-refractivity contribution in [1.29, 1.82) is 0 Å². The Hall–Kier alpha value is -0.950. The van der Waals surface area contributed by atoms with E-state index in [-0.39, 0.29) is 11.5 Å².